The van der Waals surface area contributed by atoms with Gasteiger partial charge in [-0.05, 0) is 31.2 Å². The standard InChI is InChI=1S/C19H24N2O4S/c1-4-25-19(22)16-10-12-17(13-11-16)26(23,24)20-14-18(21(2)3)15-8-6-5-7-9-15/h5-13,18,20H,4,14H2,1-3H3/p+1/t18-/m0/s1. The Kier molecular flexibility index (Phi) is 6.90. The van der Waals surface area contributed by atoms with Crippen molar-refractivity contribution in [2.24, 2.45) is 0 Å². The second-order valence-electron chi connectivity index (χ2n) is 6.14. The average molecular weight is 377 g/mol. The number of rotatable bonds is 8. The van der Waals surface area contributed by atoms with Crippen LogP contribution in [0.4, 0.5) is 0 Å². The summed E-state index contributed by atoms with van der Waals surface area (Å²) in [6, 6.07) is 15.5. The molecule has 0 unspecified atom stereocenters. The smallest absolute Gasteiger partial charge is 0.338 e. The summed E-state index contributed by atoms with van der Waals surface area (Å²) in [5.41, 5.74) is 1.39. The number of nitrogens with one attached hydrogen (secondary N) is 2. The van der Waals surface area contributed by atoms with Gasteiger partial charge >= 0.3 is 5.97 Å². The van der Waals surface area contributed by atoms with E-state index in [-0.39, 0.29) is 24.1 Å². The second kappa shape index (κ2) is 8.93. The van der Waals surface area contributed by atoms with Gasteiger partial charge in [0.15, 0.2) is 0 Å². The molecule has 0 saturated heterocycles. The largest absolute Gasteiger partial charge is 0.462 e. The van der Waals surface area contributed by atoms with E-state index in [1.165, 1.54) is 24.3 Å². The molecule has 2 aromatic rings. The van der Waals surface area contributed by atoms with E-state index >= 15 is 0 Å². The van der Waals surface area contributed by atoms with Crippen molar-refractivity contribution in [1.29, 1.82) is 0 Å². The fraction of sp³-hybridized carbons (Fsp3) is 0.316. The summed E-state index contributed by atoms with van der Waals surface area (Å²) in [5.74, 6) is -0.468. The van der Waals surface area contributed by atoms with Crippen LogP contribution in [-0.4, -0.2) is 41.6 Å². The summed E-state index contributed by atoms with van der Waals surface area (Å²) in [6.45, 7) is 2.26. The van der Waals surface area contributed by atoms with Gasteiger partial charge in [-0.2, -0.15) is 0 Å². The maximum atomic E-state index is 12.6. The molecule has 2 rings (SSSR count). The van der Waals surface area contributed by atoms with E-state index in [0.717, 1.165) is 10.5 Å². The molecule has 1 atom stereocenters. The SMILES string of the molecule is CCOC(=O)c1ccc(S(=O)(=O)NC[C@@H](c2ccccc2)[NH+](C)C)cc1. The van der Waals surface area contributed by atoms with E-state index in [1.54, 1.807) is 6.92 Å². The minimum absolute atomic E-state index is 0.00946. The van der Waals surface area contributed by atoms with Crippen molar-refractivity contribution in [2.45, 2.75) is 17.9 Å². The molecule has 140 valence electrons. The van der Waals surface area contributed by atoms with Gasteiger partial charge in [0.05, 0.1) is 37.7 Å². The molecule has 26 heavy (non-hydrogen) atoms. The van der Waals surface area contributed by atoms with Crippen LogP contribution in [0.2, 0.25) is 0 Å². The number of hydrogen-bond acceptors (Lipinski definition) is 4. The van der Waals surface area contributed by atoms with Crippen molar-refractivity contribution in [3.8, 4) is 0 Å². The molecule has 0 bridgehead atoms. The van der Waals surface area contributed by atoms with Gasteiger partial charge in [-0.3, -0.25) is 0 Å². The predicted octanol–water partition coefficient (Wildman–Crippen LogP) is 1.03. The monoisotopic (exact) mass is 377 g/mol. The third-order valence-electron chi connectivity index (χ3n) is 4.05. The zero-order chi connectivity index (χ0) is 19.2. The Morgan fingerprint density at radius 2 is 1.69 bits per heavy atom. The van der Waals surface area contributed by atoms with Crippen molar-refractivity contribution < 1.29 is 22.8 Å². The molecule has 2 aromatic carbocycles. The third kappa shape index (κ3) is 5.14. The first kappa shape index (κ1) is 20.1. The van der Waals surface area contributed by atoms with Crippen LogP contribution in [0, 0.1) is 0 Å². The van der Waals surface area contributed by atoms with Crippen LogP contribution in [0.25, 0.3) is 0 Å². The summed E-state index contributed by atoms with van der Waals surface area (Å²) >= 11 is 0. The minimum Gasteiger partial charge on any atom is -0.462 e. The molecule has 0 saturated carbocycles. The molecule has 2 N–H and O–H groups in total. The van der Waals surface area contributed by atoms with Gasteiger partial charge in [0.2, 0.25) is 10.0 Å². The van der Waals surface area contributed by atoms with Crippen LogP contribution < -0.4 is 9.62 Å². The van der Waals surface area contributed by atoms with Crippen molar-refractivity contribution in [3.05, 3.63) is 65.7 Å². The first-order valence-corrected chi connectivity index (χ1v) is 9.95. The molecule has 0 aliphatic carbocycles. The number of sulfonamides is 1. The first-order chi connectivity index (χ1) is 12.3. The molecule has 0 aromatic heterocycles. The lowest BCUT2D eigenvalue weighted by Crippen LogP contribution is -3.07. The van der Waals surface area contributed by atoms with Crippen LogP contribution in [0.3, 0.4) is 0 Å². The van der Waals surface area contributed by atoms with E-state index in [2.05, 4.69) is 4.72 Å². The molecule has 0 spiro atoms. The number of esters is 1. The van der Waals surface area contributed by atoms with E-state index < -0.39 is 16.0 Å². The molecule has 6 nitrogen and oxygen atoms in total. The molecule has 0 fully saturated rings. The van der Waals surface area contributed by atoms with Crippen molar-refractivity contribution in [2.75, 3.05) is 27.2 Å². The number of ether oxygens (including phenoxy) is 1. The van der Waals surface area contributed by atoms with Gasteiger partial charge in [-0.25, -0.2) is 17.9 Å². The molecule has 0 amide bonds. The molecule has 0 aliphatic rings. The Bertz CT molecular complexity index is 818. The summed E-state index contributed by atoms with van der Waals surface area (Å²) in [5, 5.41) is 0. The molecular formula is C19H25N2O4S+. The molecule has 0 heterocycles. The van der Waals surface area contributed by atoms with Crippen molar-refractivity contribution in [1.82, 2.24) is 4.72 Å². The second-order valence-corrected chi connectivity index (χ2v) is 7.90. The molecular weight excluding hydrogens is 352 g/mol. The highest BCUT2D eigenvalue weighted by Crippen LogP contribution is 2.13. The highest BCUT2D eigenvalue weighted by atomic mass is 32.2. The van der Waals surface area contributed by atoms with Gasteiger partial charge in [0.1, 0.15) is 6.04 Å². The Labute approximate surface area is 154 Å². The lowest BCUT2D eigenvalue weighted by molar-refractivity contribution is -0.890. The Hall–Kier alpha value is -2.22. The summed E-state index contributed by atoms with van der Waals surface area (Å²) in [7, 11) is 0.305. The van der Waals surface area contributed by atoms with Crippen LogP contribution in [0.15, 0.2) is 59.5 Å². The van der Waals surface area contributed by atoms with Crippen LogP contribution in [0.1, 0.15) is 28.9 Å². The molecule has 0 radical (unpaired) electrons. The van der Waals surface area contributed by atoms with E-state index in [1.807, 2.05) is 44.4 Å². The average Bonchev–Trinajstić information content (AvgIpc) is 2.63. The Balaban J connectivity index is 2.11. The zero-order valence-corrected chi connectivity index (χ0v) is 16.0. The van der Waals surface area contributed by atoms with Crippen LogP contribution in [-0.2, 0) is 14.8 Å². The minimum atomic E-state index is -3.67. The van der Waals surface area contributed by atoms with E-state index in [4.69, 9.17) is 4.74 Å². The van der Waals surface area contributed by atoms with Gasteiger partial charge in [-0.15, -0.1) is 0 Å². The van der Waals surface area contributed by atoms with Gasteiger partial charge in [0, 0.05) is 5.56 Å². The van der Waals surface area contributed by atoms with E-state index in [9.17, 15) is 13.2 Å². The number of quaternary nitrogens is 1. The number of likely N-dealkylation sites (N-methyl/N-ethyl adjacent to an activating group) is 1. The number of hydrogen-bond donors (Lipinski definition) is 2. The summed E-state index contributed by atoms with van der Waals surface area (Å²) < 4.78 is 32.7. The quantitative estimate of drug-likeness (QED) is 0.674. The normalized spacial score (nSPS) is 12.8. The number of carbonyl (C=O) groups excluding carboxylic acids is 1. The number of carbonyl (C=O) groups is 1. The van der Waals surface area contributed by atoms with Gasteiger partial charge in [-0.1, -0.05) is 30.3 Å². The summed E-state index contributed by atoms with van der Waals surface area (Å²) in [4.78, 5) is 12.9. The van der Waals surface area contributed by atoms with Crippen molar-refractivity contribution in [3.63, 3.8) is 0 Å². The van der Waals surface area contributed by atoms with Crippen LogP contribution >= 0.6 is 0 Å². The first-order valence-electron chi connectivity index (χ1n) is 8.47. The Morgan fingerprint density at radius 1 is 1.08 bits per heavy atom. The molecule has 0 aliphatic heterocycles. The summed E-state index contributed by atoms with van der Waals surface area (Å²) in [6.07, 6.45) is 0. The Morgan fingerprint density at radius 3 is 2.23 bits per heavy atom. The molecule has 7 heteroatoms. The maximum Gasteiger partial charge on any atom is 0.338 e. The van der Waals surface area contributed by atoms with E-state index in [0.29, 0.717) is 5.56 Å². The lowest BCUT2D eigenvalue weighted by Gasteiger charge is -2.22. The zero-order valence-electron chi connectivity index (χ0n) is 15.2. The highest BCUT2D eigenvalue weighted by molar-refractivity contribution is 7.89. The maximum absolute atomic E-state index is 12.6. The van der Waals surface area contributed by atoms with Crippen LogP contribution in [0.5, 0.6) is 0 Å². The highest BCUT2D eigenvalue weighted by Gasteiger charge is 2.22. The van der Waals surface area contributed by atoms with Gasteiger partial charge in [0.25, 0.3) is 0 Å². The van der Waals surface area contributed by atoms with Gasteiger partial charge < -0.3 is 9.64 Å². The fourth-order valence-corrected chi connectivity index (χ4v) is 3.65. The number of benzene rings is 2. The third-order valence-corrected chi connectivity index (χ3v) is 5.49. The lowest BCUT2D eigenvalue weighted by atomic mass is 10.1. The topological polar surface area (TPSA) is 76.9 Å². The van der Waals surface area contributed by atoms with Crippen molar-refractivity contribution >= 4 is 16.0 Å². The predicted molar refractivity (Wildman–Crippen MR) is 99.6 cm³/mol. The fourth-order valence-electron chi connectivity index (χ4n) is 2.60.